The molecule has 1 rings (SSSR count). The highest BCUT2D eigenvalue weighted by Crippen LogP contribution is 2.09. The number of nitrogens with zero attached hydrogens (tertiary/aromatic N) is 2. The van der Waals surface area contributed by atoms with Gasteiger partial charge in [-0.15, -0.1) is 0 Å². The normalized spacial score (nSPS) is 9.50. The highest BCUT2D eigenvalue weighted by molar-refractivity contribution is 7.98. The van der Waals surface area contributed by atoms with Crippen LogP contribution >= 0.6 is 11.8 Å². The van der Waals surface area contributed by atoms with Gasteiger partial charge < -0.3 is 5.32 Å². The number of rotatable bonds is 4. The van der Waals surface area contributed by atoms with Crippen molar-refractivity contribution in [3.63, 3.8) is 0 Å². The number of nitriles is 1. The molecule has 4 heteroatoms. The quantitative estimate of drug-likeness (QED) is 0.767. The number of hydrogen-bond acceptors (Lipinski definition) is 4. The maximum absolute atomic E-state index is 8.77. The fraction of sp³-hybridized carbons (Fsp3) is 0.400. The first-order chi connectivity index (χ1) is 6.77. The number of hydrogen-bond donors (Lipinski definition) is 1. The minimum Gasteiger partial charge on any atom is -0.369 e. The number of anilines is 1. The van der Waals surface area contributed by atoms with E-state index in [0.29, 0.717) is 5.69 Å². The molecule has 0 aromatic carbocycles. The predicted molar refractivity (Wildman–Crippen MR) is 60.6 cm³/mol. The van der Waals surface area contributed by atoms with Crippen LogP contribution in [0, 0.1) is 18.3 Å². The van der Waals surface area contributed by atoms with Crippen LogP contribution in [0.15, 0.2) is 12.1 Å². The van der Waals surface area contributed by atoms with Crippen molar-refractivity contribution in [1.29, 1.82) is 5.26 Å². The molecule has 0 aliphatic heterocycles. The van der Waals surface area contributed by atoms with E-state index in [1.807, 2.05) is 19.1 Å². The van der Waals surface area contributed by atoms with Crippen LogP contribution in [0.2, 0.25) is 0 Å². The number of pyridine rings is 1. The van der Waals surface area contributed by atoms with Gasteiger partial charge in [-0.25, -0.2) is 4.98 Å². The minimum absolute atomic E-state index is 0.499. The van der Waals surface area contributed by atoms with E-state index in [1.165, 1.54) is 0 Å². The maximum atomic E-state index is 8.77. The zero-order chi connectivity index (χ0) is 10.4. The van der Waals surface area contributed by atoms with E-state index in [4.69, 9.17) is 5.26 Å². The van der Waals surface area contributed by atoms with Crippen molar-refractivity contribution in [1.82, 2.24) is 4.98 Å². The summed E-state index contributed by atoms with van der Waals surface area (Å²) in [5, 5.41) is 11.9. The molecule has 0 saturated carbocycles. The summed E-state index contributed by atoms with van der Waals surface area (Å²) in [6.45, 7) is 2.76. The average molecular weight is 207 g/mol. The lowest BCUT2D eigenvalue weighted by Crippen LogP contribution is -2.06. The fourth-order valence-corrected chi connectivity index (χ4v) is 1.33. The van der Waals surface area contributed by atoms with E-state index < -0.39 is 0 Å². The van der Waals surface area contributed by atoms with E-state index in [9.17, 15) is 0 Å². The number of nitrogens with one attached hydrogen (secondary N) is 1. The third-order valence-electron chi connectivity index (χ3n) is 1.82. The smallest absolute Gasteiger partial charge is 0.145 e. The van der Waals surface area contributed by atoms with Crippen molar-refractivity contribution in [2.24, 2.45) is 0 Å². The highest BCUT2D eigenvalue weighted by atomic mass is 32.2. The lowest BCUT2D eigenvalue weighted by atomic mass is 10.2. The van der Waals surface area contributed by atoms with Gasteiger partial charge in [0.2, 0.25) is 0 Å². The second kappa shape index (κ2) is 5.51. The fourth-order valence-electron chi connectivity index (χ4n) is 1.02. The lowest BCUT2D eigenvalue weighted by Gasteiger charge is -2.05. The first-order valence-electron chi connectivity index (χ1n) is 4.38. The molecule has 3 nitrogen and oxygen atoms in total. The Kier molecular flexibility index (Phi) is 4.27. The van der Waals surface area contributed by atoms with E-state index in [-0.39, 0.29) is 0 Å². The Hall–Kier alpha value is -1.21. The van der Waals surface area contributed by atoms with Crippen molar-refractivity contribution in [2.45, 2.75) is 6.92 Å². The molecule has 0 spiro atoms. The van der Waals surface area contributed by atoms with Crippen LogP contribution in [-0.4, -0.2) is 23.5 Å². The van der Waals surface area contributed by atoms with E-state index in [1.54, 1.807) is 11.8 Å². The molecule has 1 heterocycles. The van der Waals surface area contributed by atoms with Crippen molar-refractivity contribution >= 4 is 17.6 Å². The summed E-state index contributed by atoms with van der Waals surface area (Å²) < 4.78 is 0. The number of aromatic nitrogens is 1. The van der Waals surface area contributed by atoms with Gasteiger partial charge in [0.25, 0.3) is 0 Å². The van der Waals surface area contributed by atoms with Gasteiger partial charge in [0.05, 0.1) is 0 Å². The van der Waals surface area contributed by atoms with Crippen molar-refractivity contribution in [3.8, 4) is 6.07 Å². The van der Waals surface area contributed by atoms with Crippen molar-refractivity contribution in [2.75, 3.05) is 23.9 Å². The molecule has 1 aromatic heterocycles. The summed E-state index contributed by atoms with van der Waals surface area (Å²) in [5.74, 6) is 1.82. The van der Waals surface area contributed by atoms with Crippen LogP contribution in [0.3, 0.4) is 0 Å². The summed E-state index contributed by atoms with van der Waals surface area (Å²) in [5.41, 5.74) is 1.42. The summed E-state index contributed by atoms with van der Waals surface area (Å²) in [6.07, 6.45) is 2.06. The standard InChI is InChI=1S/C10H13N3S/c1-8-3-4-10(12-5-6-14-2)13-9(8)7-11/h3-4H,5-6H2,1-2H3,(H,12,13). The van der Waals surface area contributed by atoms with Gasteiger partial charge in [-0.2, -0.15) is 17.0 Å². The molecule has 0 aliphatic rings. The summed E-state index contributed by atoms with van der Waals surface area (Å²) >= 11 is 1.78. The monoisotopic (exact) mass is 207 g/mol. The molecule has 0 unspecified atom stereocenters. The second-order valence-electron chi connectivity index (χ2n) is 2.89. The zero-order valence-corrected chi connectivity index (χ0v) is 9.19. The SMILES string of the molecule is CSCCNc1ccc(C)c(C#N)n1. The van der Waals surface area contributed by atoms with Crippen LogP contribution in [0.5, 0.6) is 0 Å². The molecule has 0 saturated heterocycles. The third kappa shape index (κ3) is 2.93. The van der Waals surface area contributed by atoms with Gasteiger partial charge in [-0.05, 0) is 24.8 Å². The maximum Gasteiger partial charge on any atom is 0.145 e. The molecule has 14 heavy (non-hydrogen) atoms. The van der Waals surface area contributed by atoms with Crippen LogP contribution in [0.1, 0.15) is 11.3 Å². The Balaban J connectivity index is 2.66. The van der Waals surface area contributed by atoms with Gasteiger partial charge in [-0.3, -0.25) is 0 Å². The minimum atomic E-state index is 0.499. The van der Waals surface area contributed by atoms with Gasteiger partial charge >= 0.3 is 0 Å². The topological polar surface area (TPSA) is 48.7 Å². The Bertz CT molecular complexity index is 344. The van der Waals surface area contributed by atoms with Crippen LogP contribution in [-0.2, 0) is 0 Å². The number of aryl methyl sites for hydroxylation is 1. The molecule has 74 valence electrons. The Morgan fingerprint density at radius 1 is 1.57 bits per heavy atom. The average Bonchev–Trinajstić information content (AvgIpc) is 2.21. The third-order valence-corrected chi connectivity index (χ3v) is 2.43. The molecule has 0 bridgehead atoms. The Labute approximate surface area is 88.5 Å². The van der Waals surface area contributed by atoms with Crippen LogP contribution in [0.4, 0.5) is 5.82 Å². The highest BCUT2D eigenvalue weighted by Gasteiger charge is 1.99. The Morgan fingerprint density at radius 3 is 3.00 bits per heavy atom. The van der Waals surface area contributed by atoms with Gasteiger partial charge in [0.15, 0.2) is 0 Å². The van der Waals surface area contributed by atoms with E-state index >= 15 is 0 Å². The zero-order valence-electron chi connectivity index (χ0n) is 8.37. The first kappa shape index (κ1) is 10.9. The molecule has 0 fully saturated rings. The van der Waals surface area contributed by atoms with E-state index in [0.717, 1.165) is 23.7 Å². The second-order valence-corrected chi connectivity index (χ2v) is 3.88. The van der Waals surface area contributed by atoms with Crippen molar-refractivity contribution in [3.05, 3.63) is 23.4 Å². The van der Waals surface area contributed by atoms with Crippen molar-refractivity contribution < 1.29 is 0 Å². The molecule has 0 aliphatic carbocycles. The molecule has 1 N–H and O–H groups in total. The molecule has 0 radical (unpaired) electrons. The van der Waals surface area contributed by atoms with Gasteiger partial charge in [0, 0.05) is 12.3 Å². The van der Waals surface area contributed by atoms with Crippen LogP contribution in [0.25, 0.3) is 0 Å². The molecule has 1 aromatic rings. The van der Waals surface area contributed by atoms with Gasteiger partial charge in [-0.1, -0.05) is 6.07 Å². The Morgan fingerprint density at radius 2 is 2.36 bits per heavy atom. The molecular formula is C10H13N3S. The van der Waals surface area contributed by atoms with Crippen LogP contribution < -0.4 is 5.32 Å². The summed E-state index contributed by atoms with van der Waals surface area (Å²) in [7, 11) is 0. The first-order valence-corrected chi connectivity index (χ1v) is 5.78. The molecule has 0 amide bonds. The summed E-state index contributed by atoms with van der Waals surface area (Å²) in [6, 6.07) is 5.88. The lowest BCUT2D eigenvalue weighted by molar-refractivity contribution is 1.14. The molecule has 0 atom stereocenters. The van der Waals surface area contributed by atoms with Gasteiger partial charge in [0.1, 0.15) is 17.6 Å². The molecular weight excluding hydrogens is 194 g/mol. The number of thioether (sulfide) groups is 1. The predicted octanol–water partition coefficient (Wildman–Crippen LogP) is 2.04. The largest absolute Gasteiger partial charge is 0.369 e. The summed E-state index contributed by atoms with van der Waals surface area (Å²) in [4.78, 5) is 4.18. The van der Waals surface area contributed by atoms with E-state index in [2.05, 4.69) is 22.6 Å².